The number of nitrogens with zero attached hydrogens (tertiary/aromatic N) is 1. The Bertz CT molecular complexity index is 498. The summed E-state index contributed by atoms with van der Waals surface area (Å²) in [6.07, 6.45) is -4.47. The fourth-order valence-electron chi connectivity index (χ4n) is 1.99. The smallest absolute Gasteiger partial charge is 0.383 e. The van der Waals surface area contributed by atoms with Crippen molar-refractivity contribution in [2.45, 2.75) is 25.9 Å². The molecule has 21 heavy (non-hydrogen) atoms. The van der Waals surface area contributed by atoms with Crippen LogP contribution in [-0.4, -0.2) is 38.1 Å². The third kappa shape index (κ3) is 4.46. The summed E-state index contributed by atoms with van der Waals surface area (Å²) in [5, 5.41) is 0. The number of rotatable bonds is 5. The molecule has 0 spiro atoms. The third-order valence-corrected chi connectivity index (χ3v) is 3.21. The first-order valence-corrected chi connectivity index (χ1v) is 6.64. The Kier molecular flexibility index (Phi) is 5.78. The van der Waals surface area contributed by atoms with E-state index in [4.69, 9.17) is 4.74 Å². The molecule has 6 heteroatoms. The topological polar surface area (TPSA) is 29.5 Å². The summed E-state index contributed by atoms with van der Waals surface area (Å²) in [4.78, 5) is 13.5. The number of benzene rings is 1. The van der Waals surface area contributed by atoms with Crippen molar-refractivity contribution >= 4 is 5.91 Å². The van der Waals surface area contributed by atoms with Crippen molar-refractivity contribution in [3.63, 3.8) is 0 Å². The van der Waals surface area contributed by atoms with Crippen LogP contribution in [0.25, 0.3) is 0 Å². The Hall–Kier alpha value is -1.56. The zero-order valence-corrected chi connectivity index (χ0v) is 12.6. The van der Waals surface area contributed by atoms with Crippen molar-refractivity contribution in [1.29, 1.82) is 0 Å². The van der Waals surface area contributed by atoms with Crippen molar-refractivity contribution in [2.75, 3.05) is 27.3 Å². The molecule has 0 N–H and O–H groups in total. The van der Waals surface area contributed by atoms with Gasteiger partial charge < -0.3 is 9.64 Å². The van der Waals surface area contributed by atoms with Gasteiger partial charge in [-0.3, -0.25) is 4.79 Å². The summed E-state index contributed by atoms with van der Waals surface area (Å²) < 4.78 is 44.2. The lowest BCUT2D eigenvalue weighted by Crippen LogP contribution is -2.30. The molecule has 1 aromatic carbocycles. The summed E-state index contributed by atoms with van der Waals surface area (Å²) in [7, 11) is 3.03. The molecule has 0 aliphatic heterocycles. The number of ether oxygens (including phenoxy) is 1. The van der Waals surface area contributed by atoms with E-state index in [1.165, 1.54) is 31.2 Å². The summed E-state index contributed by atoms with van der Waals surface area (Å²) >= 11 is 0. The van der Waals surface area contributed by atoms with E-state index in [0.717, 1.165) is 6.07 Å². The van der Waals surface area contributed by atoms with E-state index < -0.39 is 17.6 Å². The van der Waals surface area contributed by atoms with Crippen LogP contribution in [0.3, 0.4) is 0 Å². The minimum Gasteiger partial charge on any atom is -0.383 e. The minimum atomic E-state index is -4.47. The van der Waals surface area contributed by atoms with Gasteiger partial charge in [-0.25, -0.2) is 0 Å². The molecule has 0 bridgehead atoms. The summed E-state index contributed by atoms with van der Waals surface area (Å²) in [5.74, 6) is -0.718. The van der Waals surface area contributed by atoms with Gasteiger partial charge in [-0.2, -0.15) is 13.2 Å². The maximum atomic E-state index is 13.1. The van der Waals surface area contributed by atoms with Crippen molar-refractivity contribution in [1.82, 2.24) is 4.90 Å². The second-order valence-electron chi connectivity index (χ2n) is 5.17. The van der Waals surface area contributed by atoms with Crippen molar-refractivity contribution < 1.29 is 22.7 Å². The normalized spacial score (nSPS) is 11.8. The Morgan fingerprint density at radius 1 is 1.33 bits per heavy atom. The molecule has 1 rings (SSSR count). The van der Waals surface area contributed by atoms with Crippen molar-refractivity contribution in [2.24, 2.45) is 0 Å². The Balaban J connectivity index is 3.13. The Labute approximate surface area is 122 Å². The van der Waals surface area contributed by atoms with Gasteiger partial charge in [0.2, 0.25) is 0 Å². The maximum Gasteiger partial charge on any atom is 0.416 e. The molecule has 0 heterocycles. The average molecular weight is 303 g/mol. The van der Waals surface area contributed by atoms with E-state index in [-0.39, 0.29) is 17.0 Å². The van der Waals surface area contributed by atoms with Gasteiger partial charge in [0, 0.05) is 26.3 Å². The fourth-order valence-corrected chi connectivity index (χ4v) is 1.99. The predicted octanol–water partition coefficient (Wildman–Crippen LogP) is 3.55. The standard InChI is InChI=1S/C15H20F3NO2/c1-10(2)12-6-5-11(9-13(12)15(16,17)18)14(20)19(3)7-8-21-4/h5-6,9-10H,7-8H2,1-4H3. The van der Waals surface area contributed by atoms with Gasteiger partial charge in [-0.1, -0.05) is 19.9 Å². The summed E-state index contributed by atoms with van der Waals surface area (Å²) in [6.45, 7) is 4.04. The average Bonchev–Trinajstić information content (AvgIpc) is 2.42. The molecule has 0 atom stereocenters. The van der Waals surface area contributed by atoms with Crippen molar-refractivity contribution in [3.05, 3.63) is 34.9 Å². The number of carbonyl (C=O) groups is 1. The molecule has 0 fully saturated rings. The predicted molar refractivity (Wildman–Crippen MR) is 74.4 cm³/mol. The minimum absolute atomic E-state index is 0.0327. The van der Waals surface area contributed by atoms with E-state index in [0.29, 0.717) is 13.2 Å². The number of likely N-dealkylation sites (N-methyl/N-ethyl adjacent to an activating group) is 1. The lowest BCUT2D eigenvalue weighted by Gasteiger charge is -2.20. The molecule has 1 amide bonds. The van der Waals surface area contributed by atoms with Crippen LogP contribution in [0.4, 0.5) is 13.2 Å². The second-order valence-corrected chi connectivity index (χ2v) is 5.17. The molecule has 0 radical (unpaired) electrons. The molecular weight excluding hydrogens is 283 g/mol. The van der Waals surface area contributed by atoms with E-state index in [2.05, 4.69) is 0 Å². The van der Waals surface area contributed by atoms with Crippen LogP contribution in [0.15, 0.2) is 18.2 Å². The molecule has 118 valence electrons. The molecule has 0 aromatic heterocycles. The molecule has 0 saturated heterocycles. The largest absolute Gasteiger partial charge is 0.416 e. The number of carbonyl (C=O) groups excluding carboxylic acids is 1. The lowest BCUT2D eigenvalue weighted by atomic mass is 9.94. The number of alkyl halides is 3. The molecule has 0 saturated carbocycles. The first kappa shape index (κ1) is 17.5. The number of methoxy groups -OCH3 is 1. The Morgan fingerprint density at radius 3 is 2.43 bits per heavy atom. The third-order valence-electron chi connectivity index (χ3n) is 3.21. The molecule has 0 aliphatic rings. The van der Waals surface area contributed by atoms with Gasteiger partial charge >= 0.3 is 6.18 Å². The van der Waals surface area contributed by atoms with E-state index in [1.54, 1.807) is 13.8 Å². The molecular formula is C15H20F3NO2. The highest BCUT2D eigenvalue weighted by Gasteiger charge is 2.34. The highest BCUT2D eigenvalue weighted by molar-refractivity contribution is 5.94. The van der Waals surface area contributed by atoms with Gasteiger partial charge in [0.05, 0.1) is 12.2 Å². The van der Waals surface area contributed by atoms with Gasteiger partial charge in [0.15, 0.2) is 0 Å². The number of amides is 1. The zero-order chi connectivity index (χ0) is 16.2. The lowest BCUT2D eigenvalue weighted by molar-refractivity contribution is -0.138. The molecule has 0 aliphatic carbocycles. The molecule has 1 aromatic rings. The first-order valence-electron chi connectivity index (χ1n) is 6.64. The highest BCUT2D eigenvalue weighted by atomic mass is 19.4. The summed E-state index contributed by atoms with van der Waals surface area (Å²) in [6, 6.07) is 3.75. The van der Waals surface area contributed by atoms with Gasteiger partial charge in [-0.15, -0.1) is 0 Å². The van der Waals surface area contributed by atoms with Gasteiger partial charge in [0.1, 0.15) is 0 Å². The quantitative estimate of drug-likeness (QED) is 0.832. The first-order chi connectivity index (χ1) is 9.68. The van der Waals surface area contributed by atoms with Crippen LogP contribution < -0.4 is 0 Å². The van der Waals surface area contributed by atoms with Crippen LogP contribution in [0, 0.1) is 0 Å². The van der Waals surface area contributed by atoms with E-state index in [1.807, 2.05) is 0 Å². The van der Waals surface area contributed by atoms with Crippen LogP contribution in [0.5, 0.6) is 0 Å². The SMILES string of the molecule is COCCN(C)C(=O)c1ccc(C(C)C)c(C(F)(F)F)c1. The zero-order valence-electron chi connectivity index (χ0n) is 12.6. The van der Waals surface area contributed by atoms with Crippen LogP contribution >= 0.6 is 0 Å². The summed E-state index contributed by atoms with van der Waals surface area (Å²) in [5.41, 5.74) is -0.521. The number of hydrogen-bond donors (Lipinski definition) is 0. The van der Waals surface area contributed by atoms with Gasteiger partial charge in [-0.05, 0) is 23.6 Å². The maximum absolute atomic E-state index is 13.1. The number of hydrogen-bond acceptors (Lipinski definition) is 2. The second kappa shape index (κ2) is 6.93. The monoisotopic (exact) mass is 303 g/mol. The Morgan fingerprint density at radius 2 is 1.95 bits per heavy atom. The van der Waals surface area contributed by atoms with E-state index in [9.17, 15) is 18.0 Å². The highest BCUT2D eigenvalue weighted by Crippen LogP contribution is 2.35. The van der Waals surface area contributed by atoms with Crippen LogP contribution in [0.2, 0.25) is 0 Å². The van der Waals surface area contributed by atoms with Crippen LogP contribution in [-0.2, 0) is 10.9 Å². The van der Waals surface area contributed by atoms with Crippen molar-refractivity contribution in [3.8, 4) is 0 Å². The molecule has 3 nitrogen and oxygen atoms in total. The van der Waals surface area contributed by atoms with Gasteiger partial charge in [0.25, 0.3) is 5.91 Å². The van der Waals surface area contributed by atoms with Crippen LogP contribution in [0.1, 0.15) is 41.3 Å². The molecule has 0 unspecified atom stereocenters. The van der Waals surface area contributed by atoms with E-state index >= 15 is 0 Å². The number of halogens is 3. The fraction of sp³-hybridized carbons (Fsp3) is 0.533.